The molecule has 1 saturated heterocycles. The molecule has 4 nitrogen and oxygen atoms in total. The molecule has 1 atom stereocenters. The van der Waals surface area contributed by atoms with Crippen LogP contribution < -0.4 is 0 Å². The Hall–Kier alpha value is -2.33. The summed E-state index contributed by atoms with van der Waals surface area (Å²) in [5.74, 6) is 1.39. The highest BCUT2D eigenvalue weighted by Crippen LogP contribution is 2.31. The van der Waals surface area contributed by atoms with E-state index in [1.807, 2.05) is 41.3 Å². The molecule has 1 amide bonds. The van der Waals surface area contributed by atoms with E-state index in [1.54, 1.807) is 0 Å². The summed E-state index contributed by atoms with van der Waals surface area (Å²) in [6.07, 6.45) is 2.70. The second-order valence-corrected chi connectivity index (χ2v) is 7.71. The number of likely N-dealkylation sites (tertiary alicyclic amines) is 1. The van der Waals surface area contributed by atoms with Gasteiger partial charge in [-0.05, 0) is 36.2 Å². The first-order valence-electron chi connectivity index (χ1n) is 9.63. The van der Waals surface area contributed by atoms with Crippen molar-refractivity contribution in [3.63, 3.8) is 0 Å². The number of benzene rings is 2. The lowest BCUT2D eigenvalue weighted by atomic mass is 10.1. The number of carbonyl (C=O) groups is 1. The van der Waals surface area contributed by atoms with E-state index in [-0.39, 0.29) is 11.8 Å². The molecule has 27 heavy (non-hydrogen) atoms. The fraction of sp³-hybridized carbons (Fsp3) is 0.364. The van der Waals surface area contributed by atoms with Crippen LogP contribution in [-0.2, 0) is 11.3 Å². The van der Waals surface area contributed by atoms with Crippen LogP contribution in [0, 0.1) is 0 Å². The Labute approximate surface area is 164 Å². The summed E-state index contributed by atoms with van der Waals surface area (Å²) in [5, 5.41) is 0.736. The number of amides is 1. The molecule has 2 aromatic carbocycles. The number of rotatable bonds is 6. The standard InChI is InChI=1S/C22H24ClN3O/c1-2-3-11-25-15-17(13-21(25)27)22-24-19-9-4-5-10-20(19)26(22)14-16-7-6-8-18(23)12-16/h4-10,12,17H,2-3,11,13-15H2,1H3. The smallest absolute Gasteiger partial charge is 0.223 e. The molecule has 3 aromatic rings. The van der Waals surface area contributed by atoms with Gasteiger partial charge >= 0.3 is 0 Å². The Balaban J connectivity index is 1.69. The average molecular weight is 382 g/mol. The minimum absolute atomic E-state index is 0.140. The summed E-state index contributed by atoms with van der Waals surface area (Å²) in [6.45, 7) is 4.47. The number of para-hydroxylation sites is 2. The van der Waals surface area contributed by atoms with Gasteiger partial charge in [-0.2, -0.15) is 0 Å². The Bertz CT molecular complexity index is 965. The highest BCUT2D eigenvalue weighted by Gasteiger charge is 2.33. The molecule has 0 saturated carbocycles. The fourth-order valence-corrected chi connectivity index (χ4v) is 4.11. The molecule has 0 radical (unpaired) electrons. The maximum Gasteiger partial charge on any atom is 0.223 e. The quantitative estimate of drug-likeness (QED) is 0.611. The first-order valence-corrected chi connectivity index (χ1v) is 10.0. The van der Waals surface area contributed by atoms with E-state index < -0.39 is 0 Å². The van der Waals surface area contributed by atoms with Crippen LogP contribution >= 0.6 is 11.6 Å². The van der Waals surface area contributed by atoms with Gasteiger partial charge < -0.3 is 9.47 Å². The highest BCUT2D eigenvalue weighted by molar-refractivity contribution is 6.30. The van der Waals surface area contributed by atoms with E-state index in [9.17, 15) is 4.79 Å². The van der Waals surface area contributed by atoms with E-state index >= 15 is 0 Å². The van der Waals surface area contributed by atoms with Gasteiger partial charge in [-0.15, -0.1) is 0 Å². The molecule has 140 valence electrons. The number of fused-ring (bicyclic) bond motifs is 1. The minimum atomic E-state index is 0.140. The third kappa shape index (κ3) is 3.72. The Morgan fingerprint density at radius 3 is 2.85 bits per heavy atom. The highest BCUT2D eigenvalue weighted by atomic mass is 35.5. The van der Waals surface area contributed by atoms with Crippen molar-refractivity contribution in [2.75, 3.05) is 13.1 Å². The topological polar surface area (TPSA) is 38.1 Å². The summed E-state index contributed by atoms with van der Waals surface area (Å²) in [5.41, 5.74) is 3.22. The second kappa shape index (κ2) is 7.73. The molecule has 1 aliphatic heterocycles. The number of unbranched alkanes of at least 4 members (excludes halogenated alkanes) is 1. The summed E-state index contributed by atoms with van der Waals surface area (Å²) < 4.78 is 2.25. The molecule has 0 bridgehead atoms. The van der Waals surface area contributed by atoms with Crippen molar-refractivity contribution in [1.29, 1.82) is 0 Å². The minimum Gasteiger partial charge on any atom is -0.342 e. The van der Waals surface area contributed by atoms with Crippen LogP contribution in [0.15, 0.2) is 48.5 Å². The van der Waals surface area contributed by atoms with Gasteiger partial charge in [0.05, 0.1) is 11.0 Å². The number of aromatic nitrogens is 2. The van der Waals surface area contributed by atoms with Crippen molar-refractivity contribution < 1.29 is 4.79 Å². The van der Waals surface area contributed by atoms with Gasteiger partial charge in [0.25, 0.3) is 0 Å². The lowest BCUT2D eigenvalue weighted by Gasteiger charge is -2.17. The van der Waals surface area contributed by atoms with E-state index in [1.165, 1.54) is 0 Å². The zero-order valence-electron chi connectivity index (χ0n) is 15.6. The third-order valence-corrected chi connectivity index (χ3v) is 5.51. The fourth-order valence-electron chi connectivity index (χ4n) is 3.90. The Morgan fingerprint density at radius 2 is 2.04 bits per heavy atom. The number of hydrogen-bond donors (Lipinski definition) is 0. The predicted octanol–water partition coefficient (Wildman–Crippen LogP) is 4.85. The van der Waals surface area contributed by atoms with Crippen LogP contribution in [0.4, 0.5) is 0 Å². The van der Waals surface area contributed by atoms with Crippen molar-refractivity contribution in [2.45, 2.75) is 38.6 Å². The van der Waals surface area contributed by atoms with Gasteiger partial charge in [-0.1, -0.05) is 49.2 Å². The van der Waals surface area contributed by atoms with E-state index in [4.69, 9.17) is 16.6 Å². The van der Waals surface area contributed by atoms with E-state index in [0.717, 1.165) is 53.4 Å². The van der Waals surface area contributed by atoms with Gasteiger partial charge in [0.15, 0.2) is 0 Å². The van der Waals surface area contributed by atoms with Crippen molar-refractivity contribution >= 4 is 28.5 Å². The maximum atomic E-state index is 12.5. The molecule has 0 N–H and O–H groups in total. The van der Waals surface area contributed by atoms with Gasteiger partial charge in [0.2, 0.25) is 5.91 Å². The lowest BCUT2D eigenvalue weighted by molar-refractivity contribution is -0.127. The molecule has 1 fully saturated rings. The molecule has 0 spiro atoms. The van der Waals surface area contributed by atoms with Crippen molar-refractivity contribution in [3.8, 4) is 0 Å². The van der Waals surface area contributed by atoms with Crippen LogP contribution in [-0.4, -0.2) is 33.4 Å². The SMILES string of the molecule is CCCCN1CC(c2nc3ccccc3n2Cc2cccc(Cl)c2)CC1=O. The van der Waals surface area contributed by atoms with Crippen LogP contribution in [0.5, 0.6) is 0 Å². The van der Waals surface area contributed by atoms with Crippen molar-refractivity contribution in [3.05, 3.63) is 64.9 Å². The van der Waals surface area contributed by atoms with Gasteiger partial charge in [-0.3, -0.25) is 4.79 Å². The Morgan fingerprint density at radius 1 is 1.19 bits per heavy atom. The third-order valence-electron chi connectivity index (χ3n) is 5.28. The molecular weight excluding hydrogens is 358 g/mol. The number of halogens is 1. The summed E-state index contributed by atoms with van der Waals surface area (Å²) >= 11 is 6.18. The molecule has 1 aliphatic rings. The van der Waals surface area contributed by atoms with Gasteiger partial charge in [0.1, 0.15) is 5.82 Å². The van der Waals surface area contributed by atoms with Gasteiger partial charge in [-0.25, -0.2) is 4.98 Å². The zero-order chi connectivity index (χ0) is 18.8. The van der Waals surface area contributed by atoms with Crippen LogP contribution in [0.25, 0.3) is 11.0 Å². The lowest BCUT2D eigenvalue weighted by Crippen LogP contribution is -2.26. The monoisotopic (exact) mass is 381 g/mol. The molecule has 1 unspecified atom stereocenters. The van der Waals surface area contributed by atoms with Crippen LogP contribution in [0.2, 0.25) is 5.02 Å². The van der Waals surface area contributed by atoms with E-state index in [0.29, 0.717) is 13.0 Å². The number of hydrogen-bond acceptors (Lipinski definition) is 2. The summed E-state index contributed by atoms with van der Waals surface area (Å²) in [7, 11) is 0. The molecule has 4 rings (SSSR count). The molecular formula is C22H24ClN3O. The normalized spacial score (nSPS) is 17.2. The van der Waals surface area contributed by atoms with E-state index in [2.05, 4.69) is 23.6 Å². The largest absolute Gasteiger partial charge is 0.342 e. The molecule has 0 aliphatic carbocycles. The first kappa shape index (κ1) is 18.1. The van der Waals surface area contributed by atoms with Gasteiger partial charge in [0, 0.05) is 37.0 Å². The van der Waals surface area contributed by atoms with Crippen molar-refractivity contribution in [1.82, 2.24) is 14.5 Å². The Kier molecular flexibility index (Phi) is 5.17. The molecule has 1 aromatic heterocycles. The zero-order valence-corrected chi connectivity index (χ0v) is 16.3. The number of imidazole rings is 1. The maximum absolute atomic E-state index is 12.5. The van der Waals surface area contributed by atoms with Crippen molar-refractivity contribution in [2.24, 2.45) is 0 Å². The summed E-state index contributed by atoms with van der Waals surface area (Å²) in [6, 6.07) is 16.1. The first-order chi connectivity index (χ1) is 13.2. The van der Waals surface area contributed by atoms with Crippen LogP contribution in [0.3, 0.4) is 0 Å². The number of nitrogens with zero attached hydrogens (tertiary/aromatic N) is 3. The molecule has 5 heteroatoms. The second-order valence-electron chi connectivity index (χ2n) is 7.27. The van der Waals surface area contributed by atoms with Crippen LogP contribution in [0.1, 0.15) is 43.5 Å². The summed E-state index contributed by atoms with van der Waals surface area (Å²) in [4.78, 5) is 19.4. The predicted molar refractivity (Wildman–Crippen MR) is 109 cm³/mol. The molecule has 2 heterocycles. The number of carbonyl (C=O) groups excluding carboxylic acids is 1. The average Bonchev–Trinajstić information content (AvgIpc) is 3.21.